The van der Waals surface area contributed by atoms with Gasteiger partial charge in [-0.05, 0) is 18.8 Å². The van der Waals surface area contributed by atoms with Crippen LogP contribution in [0.3, 0.4) is 0 Å². The summed E-state index contributed by atoms with van der Waals surface area (Å²) in [4.78, 5) is 10.4. The first kappa shape index (κ1) is 14.0. The molecule has 1 saturated carbocycles. The van der Waals surface area contributed by atoms with Crippen molar-refractivity contribution >= 4 is 5.91 Å². The van der Waals surface area contributed by atoms with Crippen LogP contribution >= 0.6 is 0 Å². The molecule has 0 aromatic heterocycles. The topological polar surface area (TPSA) is 43.1 Å². The van der Waals surface area contributed by atoms with Crippen molar-refractivity contribution in [3.05, 3.63) is 24.3 Å². The Morgan fingerprint density at radius 3 is 2.47 bits per heavy atom. The maximum absolute atomic E-state index is 10.4. The summed E-state index contributed by atoms with van der Waals surface area (Å²) in [6.07, 6.45) is 19.4. The molecule has 2 N–H and O–H groups in total. The zero-order chi connectivity index (χ0) is 12.3. The molecular formula is C15H25NO. The van der Waals surface area contributed by atoms with Gasteiger partial charge < -0.3 is 5.73 Å². The number of carbonyl (C=O) groups excluding carboxylic acids is 1. The van der Waals surface area contributed by atoms with Gasteiger partial charge in [0.1, 0.15) is 0 Å². The summed E-state index contributed by atoms with van der Waals surface area (Å²) in [6.45, 7) is 0. The Balaban J connectivity index is 1.78. The van der Waals surface area contributed by atoms with E-state index in [1.54, 1.807) is 6.08 Å². The molecule has 1 amide bonds. The second kappa shape index (κ2) is 9.03. The van der Waals surface area contributed by atoms with Crippen molar-refractivity contribution in [1.82, 2.24) is 0 Å². The molecule has 0 unspecified atom stereocenters. The highest BCUT2D eigenvalue weighted by Crippen LogP contribution is 2.34. The largest absolute Gasteiger partial charge is 0.366 e. The van der Waals surface area contributed by atoms with Gasteiger partial charge in [-0.15, -0.1) is 0 Å². The molecule has 0 heterocycles. The summed E-state index contributed by atoms with van der Waals surface area (Å²) in [5.41, 5.74) is 4.97. The zero-order valence-corrected chi connectivity index (χ0v) is 10.7. The predicted molar refractivity (Wildman–Crippen MR) is 72.5 cm³/mol. The average molecular weight is 235 g/mol. The van der Waals surface area contributed by atoms with Crippen molar-refractivity contribution in [3.63, 3.8) is 0 Å². The van der Waals surface area contributed by atoms with E-state index in [0.29, 0.717) is 0 Å². The van der Waals surface area contributed by atoms with Gasteiger partial charge >= 0.3 is 0 Å². The summed E-state index contributed by atoms with van der Waals surface area (Å²) in [5, 5.41) is 0. The summed E-state index contributed by atoms with van der Waals surface area (Å²) in [6, 6.07) is 0. The second-order valence-electron chi connectivity index (χ2n) is 4.98. The lowest BCUT2D eigenvalue weighted by molar-refractivity contribution is -0.113. The van der Waals surface area contributed by atoms with Gasteiger partial charge in [-0.25, -0.2) is 0 Å². The van der Waals surface area contributed by atoms with Crippen LogP contribution < -0.4 is 5.73 Å². The molecule has 17 heavy (non-hydrogen) atoms. The first-order valence-electron chi connectivity index (χ1n) is 6.91. The summed E-state index contributed by atoms with van der Waals surface area (Å²) >= 11 is 0. The first-order chi connectivity index (χ1) is 8.29. The number of allylic oxidation sites excluding steroid dienone is 3. The Labute approximate surface area is 105 Å². The fourth-order valence-corrected chi connectivity index (χ4v) is 1.96. The van der Waals surface area contributed by atoms with E-state index in [4.69, 9.17) is 5.73 Å². The summed E-state index contributed by atoms with van der Waals surface area (Å²) < 4.78 is 0. The van der Waals surface area contributed by atoms with E-state index in [0.717, 1.165) is 12.3 Å². The van der Waals surface area contributed by atoms with Crippen molar-refractivity contribution < 1.29 is 4.79 Å². The van der Waals surface area contributed by atoms with Gasteiger partial charge in [-0.2, -0.15) is 0 Å². The zero-order valence-electron chi connectivity index (χ0n) is 10.7. The Hall–Kier alpha value is -1.05. The minimum absolute atomic E-state index is 0.384. The molecular weight excluding hydrogens is 210 g/mol. The van der Waals surface area contributed by atoms with Crippen LogP contribution in [0, 0.1) is 5.92 Å². The van der Waals surface area contributed by atoms with Crippen LogP contribution in [0.25, 0.3) is 0 Å². The van der Waals surface area contributed by atoms with Crippen LogP contribution in [0.2, 0.25) is 0 Å². The second-order valence-corrected chi connectivity index (χ2v) is 4.98. The van der Waals surface area contributed by atoms with Gasteiger partial charge in [0, 0.05) is 6.08 Å². The van der Waals surface area contributed by atoms with Crippen molar-refractivity contribution in [2.45, 2.75) is 57.8 Å². The normalized spacial score (nSPS) is 16.0. The van der Waals surface area contributed by atoms with E-state index in [1.165, 1.54) is 57.4 Å². The Morgan fingerprint density at radius 1 is 1.06 bits per heavy atom. The number of carbonyl (C=O) groups is 1. The number of rotatable bonds is 10. The number of unbranched alkanes of at least 4 members (excludes halogenated alkanes) is 5. The van der Waals surface area contributed by atoms with Crippen molar-refractivity contribution in [2.24, 2.45) is 11.7 Å². The predicted octanol–water partition coefficient (Wildman–Crippen LogP) is 3.72. The maximum Gasteiger partial charge on any atom is 0.241 e. The lowest BCUT2D eigenvalue weighted by Crippen LogP contribution is -2.04. The smallest absolute Gasteiger partial charge is 0.241 e. The average Bonchev–Trinajstić information content (AvgIpc) is 3.09. The molecule has 2 heteroatoms. The Bertz CT molecular complexity index is 264. The van der Waals surface area contributed by atoms with E-state index in [2.05, 4.69) is 6.08 Å². The van der Waals surface area contributed by atoms with Crippen LogP contribution in [0.4, 0.5) is 0 Å². The number of nitrogens with two attached hydrogens (primary N) is 1. The molecule has 96 valence electrons. The molecule has 2 nitrogen and oxygen atoms in total. The number of hydrogen-bond donors (Lipinski definition) is 1. The molecule has 1 aliphatic carbocycles. The minimum atomic E-state index is -0.384. The third-order valence-electron chi connectivity index (χ3n) is 3.19. The Kier molecular flexibility index (Phi) is 7.44. The number of primary amides is 1. The molecule has 1 rings (SSSR count). The van der Waals surface area contributed by atoms with E-state index < -0.39 is 0 Å². The quantitative estimate of drug-likeness (QED) is 0.350. The molecule has 0 aromatic rings. The van der Waals surface area contributed by atoms with E-state index in [-0.39, 0.29) is 5.91 Å². The molecule has 1 fully saturated rings. The third kappa shape index (κ3) is 9.86. The lowest BCUT2D eigenvalue weighted by atomic mass is 10.1. The molecule has 0 spiro atoms. The van der Waals surface area contributed by atoms with Crippen LogP contribution in [0.5, 0.6) is 0 Å². The van der Waals surface area contributed by atoms with Gasteiger partial charge in [0.05, 0.1) is 0 Å². The van der Waals surface area contributed by atoms with Gasteiger partial charge in [0.15, 0.2) is 0 Å². The van der Waals surface area contributed by atoms with Crippen LogP contribution in [0.15, 0.2) is 24.3 Å². The highest BCUT2D eigenvalue weighted by molar-refractivity contribution is 5.85. The molecule has 0 saturated heterocycles. The summed E-state index contributed by atoms with van der Waals surface area (Å²) in [5.74, 6) is 0.709. The maximum atomic E-state index is 10.4. The van der Waals surface area contributed by atoms with Crippen LogP contribution in [0.1, 0.15) is 57.8 Å². The fourth-order valence-electron chi connectivity index (χ4n) is 1.96. The highest BCUT2D eigenvalue weighted by Gasteiger charge is 2.19. The van der Waals surface area contributed by atoms with E-state index in [9.17, 15) is 4.79 Å². The molecule has 1 aliphatic rings. The third-order valence-corrected chi connectivity index (χ3v) is 3.19. The fraction of sp³-hybridized carbons (Fsp3) is 0.667. The SMILES string of the molecule is NC(=O)C=CC=CCCCCCCCC1CC1. The van der Waals surface area contributed by atoms with Crippen molar-refractivity contribution in [1.29, 1.82) is 0 Å². The highest BCUT2D eigenvalue weighted by atomic mass is 16.1. The molecule has 0 atom stereocenters. The first-order valence-corrected chi connectivity index (χ1v) is 6.91. The monoisotopic (exact) mass is 235 g/mol. The lowest BCUT2D eigenvalue weighted by Gasteiger charge is -1.99. The van der Waals surface area contributed by atoms with Crippen LogP contribution in [-0.4, -0.2) is 5.91 Å². The van der Waals surface area contributed by atoms with Crippen molar-refractivity contribution in [3.8, 4) is 0 Å². The molecule has 0 bridgehead atoms. The summed E-state index contributed by atoms with van der Waals surface area (Å²) in [7, 11) is 0. The van der Waals surface area contributed by atoms with Gasteiger partial charge in [-0.3, -0.25) is 4.79 Å². The molecule has 0 aliphatic heterocycles. The molecule has 0 aromatic carbocycles. The van der Waals surface area contributed by atoms with Crippen LogP contribution in [-0.2, 0) is 4.79 Å². The van der Waals surface area contributed by atoms with E-state index in [1.807, 2.05) is 6.08 Å². The Morgan fingerprint density at radius 2 is 1.76 bits per heavy atom. The number of hydrogen-bond acceptors (Lipinski definition) is 1. The minimum Gasteiger partial charge on any atom is -0.366 e. The van der Waals surface area contributed by atoms with Gasteiger partial charge in [0.25, 0.3) is 0 Å². The van der Waals surface area contributed by atoms with Gasteiger partial charge in [0.2, 0.25) is 5.91 Å². The van der Waals surface area contributed by atoms with Crippen molar-refractivity contribution in [2.75, 3.05) is 0 Å². The van der Waals surface area contributed by atoms with Gasteiger partial charge in [-0.1, -0.05) is 63.2 Å². The molecule has 0 radical (unpaired) electrons. The standard InChI is InChI=1S/C15H25NO/c16-15(17)11-9-7-5-3-1-2-4-6-8-10-14-12-13-14/h5,7,9,11,14H,1-4,6,8,10,12-13H2,(H2,16,17). The number of amides is 1. The van der Waals surface area contributed by atoms with E-state index >= 15 is 0 Å².